The van der Waals surface area contributed by atoms with E-state index in [2.05, 4.69) is 46.1 Å². The summed E-state index contributed by atoms with van der Waals surface area (Å²) in [5, 5.41) is 9.70. The first-order chi connectivity index (χ1) is 14.0. The standard InChI is InChI=1S/C21H30N6OS.HI/c1-4-22-20(24-13-18-15-29-21(25-18)26(2)3)23-12-16-7-5-8-17(11-16)14-27-10-6-9-19(27)28;/h5,7-8,11,15H,4,6,9-10,12-14H2,1-3H3,(H2,22,23,24);1H. The number of rotatable bonds is 8. The number of amides is 1. The van der Waals surface area contributed by atoms with Crippen molar-refractivity contribution in [1.29, 1.82) is 0 Å². The molecule has 0 aliphatic carbocycles. The monoisotopic (exact) mass is 542 g/mol. The molecule has 1 aromatic heterocycles. The van der Waals surface area contributed by atoms with E-state index >= 15 is 0 Å². The largest absolute Gasteiger partial charge is 0.357 e. The Morgan fingerprint density at radius 2 is 2.10 bits per heavy atom. The Labute approximate surface area is 200 Å². The van der Waals surface area contributed by atoms with Gasteiger partial charge in [0.05, 0.1) is 18.8 Å². The summed E-state index contributed by atoms with van der Waals surface area (Å²) in [5.41, 5.74) is 3.29. The van der Waals surface area contributed by atoms with Gasteiger partial charge in [0.2, 0.25) is 5.91 Å². The topological polar surface area (TPSA) is 72.9 Å². The van der Waals surface area contributed by atoms with E-state index in [1.165, 1.54) is 0 Å². The normalized spacial score (nSPS) is 13.9. The number of nitrogens with zero attached hydrogens (tertiary/aromatic N) is 4. The minimum absolute atomic E-state index is 0. The Morgan fingerprint density at radius 1 is 1.30 bits per heavy atom. The fraction of sp³-hybridized carbons (Fsp3) is 0.476. The van der Waals surface area contributed by atoms with E-state index in [0.717, 1.165) is 47.4 Å². The number of hydrogen-bond donors (Lipinski definition) is 2. The van der Waals surface area contributed by atoms with Crippen molar-refractivity contribution in [2.75, 3.05) is 32.1 Å². The summed E-state index contributed by atoms with van der Waals surface area (Å²) >= 11 is 1.63. The van der Waals surface area contributed by atoms with Crippen molar-refractivity contribution >= 4 is 52.3 Å². The number of anilines is 1. The van der Waals surface area contributed by atoms with E-state index in [0.29, 0.717) is 26.1 Å². The first kappa shape index (κ1) is 24.4. The SMILES string of the molecule is CCNC(=NCc1cccc(CN2CCCC2=O)c1)NCc1csc(N(C)C)n1.I. The van der Waals surface area contributed by atoms with Crippen molar-refractivity contribution in [1.82, 2.24) is 20.5 Å². The van der Waals surface area contributed by atoms with E-state index in [-0.39, 0.29) is 29.9 Å². The highest BCUT2D eigenvalue weighted by Crippen LogP contribution is 2.18. The van der Waals surface area contributed by atoms with Crippen LogP contribution >= 0.6 is 35.3 Å². The highest BCUT2D eigenvalue weighted by molar-refractivity contribution is 14.0. The number of nitrogens with one attached hydrogen (secondary N) is 2. The smallest absolute Gasteiger partial charge is 0.222 e. The molecule has 1 amide bonds. The number of likely N-dealkylation sites (tertiary alicyclic amines) is 1. The highest BCUT2D eigenvalue weighted by atomic mass is 127. The predicted octanol–water partition coefficient (Wildman–Crippen LogP) is 3.20. The molecule has 0 atom stereocenters. The van der Waals surface area contributed by atoms with Crippen LogP contribution in [0.5, 0.6) is 0 Å². The number of benzene rings is 1. The molecule has 2 N–H and O–H groups in total. The number of hydrogen-bond acceptors (Lipinski definition) is 5. The Morgan fingerprint density at radius 3 is 2.77 bits per heavy atom. The average Bonchev–Trinajstić information content (AvgIpc) is 3.34. The first-order valence-corrected chi connectivity index (χ1v) is 10.9. The van der Waals surface area contributed by atoms with Gasteiger partial charge < -0.3 is 20.4 Å². The third-order valence-electron chi connectivity index (χ3n) is 4.66. The van der Waals surface area contributed by atoms with Gasteiger partial charge in [-0.2, -0.15) is 0 Å². The third-order valence-corrected chi connectivity index (χ3v) is 5.72. The van der Waals surface area contributed by atoms with Crippen LogP contribution in [0.2, 0.25) is 0 Å². The van der Waals surface area contributed by atoms with Gasteiger partial charge in [0, 0.05) is 45.5 Å². The minimum Gasteiger partial charge on any atom is -0.357 e. The number of carbonyl (C=O) groups is 1. The van der Waals surface area contributed by atoms with E-state index in [1.807, 2.05) is 30.0 Å². The quantitative estimate of drug-likeness (QED) is 0.305. The Balaban J connectivity index is 0.00000320. The summed E-state index contributed by atoms with van der Waals surface area (Å²) < 4.78 is 0. The van der Waals surface area contributed by atoms with Crippen molar-refractivity contribution in [2.45, 2.75) is 39.4 Å². The van der Waals surface area contributed by atoms with Crippen molar-refractivity contribution in [3.63, 3.8) is 0 Å². The lowest BCUT2D eigenvalue weighted by Gasteiger charge is -2.16. The molecule has 1 fully saturated rings. The number of halogens is 1. The molecule has 1 aliphatic heterocycles. The summed E-state index contributed by atoms with van der Waals surface area (Å²) in [6, 6.07) is 8.33. The molecule has 2 aromatic rings. The van der Waals surface area contributed by atoms with E-state index in [4.69, 9.17) is 4.99 Å². The molecule has 164 valence electrons. The molecule has 3 rings (SSSR count). The van der Waals surface area contributed by atoms with Crippen LogP contribution in [0.1, 0.15) is 36.6 Å². The summed E-state index contributed by atoms with van der Waals surface area (Å²) in [6.07, 6.45) is 1.65. The molecular weight excluding hydrogens is 511 g/mol. The number of guanidine groups is 1. The average molecular weight is 542 g/mol. The van der Waals surface area contributed by atoms with Crippen molar-refractivity contribution < 1.29 is 4.79 Å². The van der Waals surface area contributed by atoms with E-state index < -0.39 is 0 Å². The fourth-order valence-corrected chi connectivity index (χ4v) is 3.95. The second-order valence-electron chi connectivity index (χ2n) is 7.30. The molecule has 9 heteroatoms. The Bertz CT molecular complexity index is 854. The zero-order chi connectivity index (χ0) is 20.6. The second-order valence-corrected chi connectivity index (χ2v) is 8.14. The Kier molecular flexibility index (Phi) is 9.83. The van der Waals surface area contributed by atoms with Crippen molar-refractivity contribution in [3.8, 4) is 0 Å². The van der Waals surface area contributed by atoms with Crippen LogP contribution in [0.3, 0.4) is 0 Å². The molecule has 0 spiro atoms. The van der Waals surface area contributed by atoms with Crippen LogP contribution in [-0.2, 0) is 24.4 Å². The van der Waals surface area contributed by atoms with Crippen LogP contribution in [0.25, 0.3) is 0 Å². The minimum atomic E-state index is 0. The Hall–Kier alpha value is -1.88. The lowest BCUT2D eigenvalue weighted by Crippen LogP contribution is -2.36. The van der Waals surface area contributed by atoms with Gasteiger partial charge in [-0.05, 0) is 24.5 Å². The van der Waals surface area contributed by atoms with Crippen LogP contribution < -0.4 is 15.5 Å². The molecule has 1 aliphatic rings. The van der Waals surface area contributed by atoms with Gasteiger partial charge in [0.25, 0.3) is 0 Å². The summed E-state index contributed by atoms with van der Waals surface area (Å²) in [4.78, 5) is 25.1. The van der Waals surface area contributed by atoms with Crippen molar-refractivity contribution in [2.24, 2.45) is 4.99 Å². The molecule has 0 radical (unpaired) electrons. The molecule has 30 heavy (non-hydrogen) atoms. The fourth-order valence-electron chi connectivity index (χ4n) is 3.19. The number of thiazole rings is 1. The first-order valence-electron chi connectivity index (χ1n) is 10.0. The number of carbonyl (C=O) groups excluding carboxylic acids is 1. The lowest BCUT2D eigenvalue weighted by atomic mass is 10.1. The zero-order valence-electron chi connectivity index (χ0n) is 17.9. The predicted molar refractivity (Wildman–Crippen MR) is 135 cm³/mol. The van der Waals surface area contributed by atoms with Crippen molar-refractivity contribution in [3.05, 3.63) is 46.5 Å². The van der Waals surface area contributed by atoms with Gasteiger partial charge in [-0.3, -0.25) is 4.79 Å². The van der Waals surface area contributed by atoms with E-state index in [9.17, 15) is 4.79 Å². The molecule has 7 nitrogen and oxygen atoms in total. The lowest BCUT2D eigenvalue weighted by molar-refractivity contribution is -0.128. The molecule has 2 heterocycles. The molecule has 0 saturated carbocycles. The highest BCUT2D eigenvalue weighted by Gasteiger charge is 2.19. The van der Waals surface area contributed by atoms with Crippen LogP contribution in [0.4, 0.5) is 5.13 Å². The number of aromatic nitrogens is 1. The molecule has 0 unspecified atom stereocenters. The van der Waals surface area contributed by atoms with Gasteiger partial charge in [0.1, 0.15) is 0 Å². The van der Waals surface area contributed by atoms with Gasteiger partial charge >= 0.3 is 0 Å². The number of aliphatic imine (C=N–C) groups is 1. The summed E-state index contributed by atoms with van der Waals surface area (Å²) in [6.45, 7) is 5.61. The maximum Gasteiger partial charge on any atom is 0.222 e. The van der Waals surface area contributed by atoms with Crippen LogP contribution in [0.15, 0.2) is 34.6 Å². The van der Waals surface area contributed by atoms with Crippen LogP contribution in [0, 0.1) is 0 Å². The molecular formula is C21H31IN6OS. The van der Waals surface area contributed by atoms with Gasteiger partial charge in [0.15, 0.2) is 11.1 Å². The van der Waals surface area contributed by atoms with Gasteiger partial charge in [-0.1, -0.05) is 24.3 Å². The molecule has 0 bridgehead atoms. The van der Waals surface area contributed by atoms with Crippen LogP contribution in [-0.4, -0.2) is 48.9 Å². The van der Waals surface area contributed by atoms with Gasteiger partial charge in [-0.25, -0.2) is 9.98 Å². The maximum atomic E-state index is 11.9. The summed E-state index contributed by atoms with van der Waals surface area (Å²) in [5.74, 6) is 1.03. The molecule has 1 aromatic carbocycles. The van der Waals surface area contributed by atoms with Gasteiger partial charge in [-0.15, -0.1) is 35.3 Å². The maximum absolute atomic E-state index is 11.9. The zero-order valence-corrected chi connectivity index (χ0v) is 21.0. The molecule has 1 saturated heterocycles. The third kappa shape index (κ3) is 7.12. The van der Waals surface area contributed by atoms with E-state index in [1.54, 1.807) is 11.3 Å². The summed E-state index contributed by atoms with van der Waals surface area (Å²) in [7, 11) is 3.99. The second kappa shape index (κ2) is 12.1.